The number of unbranched alkanes of at least 4 members (excludes halogenated alkanes) is 2. The number of pyridine rings is 2. The van der Waals surface area contributed by atoms with Crippen LogP contribution in [0, 0.1) is 12.3 Å². The number of hydrogen-bond donors (Lipinski definition) is 1. The molecule has 2 aromatic rings. The van der Waals surface area contributed by atoms with Crippen LogP contribution in [0.1, 0.15) is 19.3 Å². The fourth-order valence-electron chi connectivity index (χ4n) is 1.72. The Morgan fingerprint density at radius 1 is 1.33 bits per heavy atom. The van der Waals surface area contributed by atoms with Gasteiger partial charge >= 0.3 is 0 Å². The lowest BCUT2D eigenvalue weighted by Gasteiger charge is -2.08. The SMILES string of the molecule is C#CCCCCNc1ccnc2cc(Br)cnc12. The van der Waals surface area contributed by atoms with E-state index in [4.69, 9.17) is 6.42 Å². The van der Waals surface area contributed by atoms with Crippen molar-refractivity contribution < 1.29 is 0 Å². The first kappa shape index (κ1) is 12.8. The molecule has 0 spiro atoms. The van der Waals surface area contributed by atoms with E-state index in [2.05, 4.69) is 37.1 Å². The molecule has 3 nitrogen and oxygen atoms in total. The number of halogens is 1. The number of fused-ring (bicyclic) bond motifs is 1. The normalized spacial score (nSPS) is 10.2. The van der Waals surface area contributed by atoms with Crippen molar-refractivity contribution in [2.45, 2.75) is 19.3 Å². The van der Waals surface area contributed by atoms with Crippen LogP contribution in [-0.4, -0.2) is 16.5 Å². The molecule has 0 radical (unpaired) electrons. The van der Waals surface area contributed by atoms with Crippen LogP contribution in [-0.2, 0) is 0 Å². The predicted molar refractivity (Wildman–Crippen MR) is 78.4 cm³/mol. The highest BCUT2D eigenvalue weighted by Crippen LogP contribution is 2.21. The van der Waals surface area contributed by atoms with Crippen molar-refractivity contribution in [2.24, 2.45) is 0 Å². The van der Waals surface area contributed by atoms with Gasteiger partial charge in [-0.2, -0.15) is 0 Å². The summed E-state index contributed by atoms with van der Waals surface area (Å²) >= 11 is 3.40. The van der Waals surface area contributed by atoms with Crippen molar-refractivity contribution in [3.8, 4) is 12.3 Å². The number of nitrogens with zero attached hydrogens (tertiary/aromatic N) is 2. The largest absolute Gasteiger partial charge is 0.383 e. The fraction of sp³-hybridized carbons (Fsp3) is 0.286. The van der Waals surface area contributed by atoms with Gasteiger partial charge in [0, 0.05) is 29.8 Å². The summed E-state index contributed by atoms with van der Waals surface area (Å²) in [6, 6.07) is 3.91. The van der Waals surface area contributed by atoms with Crippen LogP contribution in [0.2, 0.25) is 0 Å². The van der Waals surface area contributed by atoms with Gasteiger partial charge in [-0.25, -0.2) is 0 Å². The van der Waals surface area contributed by atoms with E-state index in [9.17, 15) is 0 Å². The van der Waals surface area contributed by atoms with Gasteiger partial charge in [0.05, 0.1) is 11.2 Å². The number of aromatic nitrogens is 2. The van der Waals surface area contributed by atoms with Gasteiger partial charge in [0.2, 0.25) is 0 Å². The zero-order valence-corrected chi connectivity index (χ0v) is 11.6. The average Bonchev–Trinajstić information content (AvgIpc) is 2.38. The van der Waals surface area contributed by atoms with E-state index in [-0.39, 0.29) is 0 Å². The topological polar surface area (TPSA) is 37.8 Å². The van der Waals surface area contributed by atoms with Gasteiger partial charge in [0.25, 0.3) is 0 Å². The summed E-state index contributed by atoms with van der Waals surface area (Å²) < 4.78 is 0.939. The zero-order valence-electron chi connectivity index (χ0n) is 9.99. The minimum absolute atomic E-state index is 0.837. The van der Waals surface area contributed by atoms with Gasteiger partial charge in [-0.1, -0.05) is 0 Å². The number of nitrogens with one attached hydrogen (secondary N) is 1. The summed E-state index contributed by atoms with van der Waals surface area (Å²) in [6.45, 7) is 0.901. The molecular formula is C14H14BrN3. The number of terminal acetylenes is 1. The molecule has 2 rings (SSSR count). The zero-order chi connectivity index (χ0) is 12.8. The number of hydrogen-bond acceptors (Lipinski definition) is 3. The summed E-state index contributed by atoms with van der Waals surface area (Å²) in [6.07, 6.45) is 11.7. The minimum Gasteiger partial charge on any atom is -0.383 e. The van der Waals surface area contributed by atoms with E-state index in [0.717, 1.165) is 47.0 Å². The second kappa shape index (κ2) is 6.36. The molecule has 0 saturated carbocycles. The first-order chi connectivity index (χ1) is 8.81. The maximum absolute atomic E-state index is 5.22. The highest BCUT2D eigenvalue weighted by molar-refractivity contribution is 9.10. The van der Waals surface area contributed by atoms with E-state index < -0.39 is 0 Å². The molecule has 0 amide bonds. The predicted octanol–water partition coefficient (Wildman–Crippen LogP) is 3.61. The molecule has 2 heterocycles. The monoisotopic (exact) mass is 303 g/mol. The Kier molecular flexibility index (Phi) is 4.54. The van der Waals surface area contributed by atoms with Crippen molar-refractivity contribution in [1.29, 1.82) is 0 Å². The van der Waals surface area contributed by atoms with Crippen LogP contribution in [0.25, 0.3) is 11.0 Å². The molecule has 0 atom stereocenters. The van der Waals surface area contributed by atoms with Crippen molar-refractivity contribution >= 4 is 32.7 Å². The Labute approximate surface area is 115 Å². The van der Waals surface area contributed by atoms with Gasteiger partial charge in [-0.05, 0) is 40.9 Å². The molecule has 0 fully saturated rings. The lowest BCUT2D eigenvalue weighted by Crippen LogP contribution is -2.02. The molecule has 18 heavy (non-hydrogen) atoms. The summed E-state index contributed by atoms with van der Waals surface area (Å²) in [5, 5.41) is 3.38. The highest BCUT2D eigenvalue weighted by atomic mass is 79.9. The Morgan fingerprint density at radius 3 is 3.06 bits per heavy atom. The lowest BCUT2D eigenvalue weighted by atomic mass is 10.2. The van der Waals surface area contributed by atoms with Crippen LogP contribution < -0.4 is 5.32 Å². The molecule has 0 aliphatic heterocycles. The Bertz CT molecular complexity index is 575. The van der Waals surface area contributed by atoms with Crippen molar-refractivity contribution in [1.82, 2.24) is 9.97 Å². The molecule has 4 heteroatoms. The van der Waals surface area contributed by atoms with Crippen LogP contribution in [0.4, 0.5) is 5.69 Å². The maximum atomic E-state index is 5.22. The van der Waals surface area contributed by atoms with E-state index >= 15 is 0 Å². The molecule has 1 N–H and O–H groups in total. The molecule has 0 aliphatic rings. The van der Waals surface area contributed by atoms with Gasteiger partial charge < -0.3 is 5.32 Å². The molecule has 92 valence electrons. The maximum Gasteiger partial charge on any atom is 0.112 e. The summed E-state index contributed by atoms with van der Waals surface area (Å²) in [4.78, 5) is 8.69. The molecule has 0 aliphatic carbocycles. The third kappa shape index (κ3) is 3.21. The smallest absolute Gasteiger partial charge is 0.112 e. The molecular weight excluding hydrogens is 290 g/mol. The van der Waals surface area contributed by atoms with Crippen molar-refractivity contribution in [3.63, 3.8) is 0 Å². The second-order valence-electron chi connectivity index (χ2n) is 3.97. The quantitative estimate of drug-likeness (QED) is 0.677. The number of anilines is 1. The lowest BCUT2D eigenvalue weighted by molar-refractivity contribution is 0.790. The van der Waals surface area contributed by atoms with Crippen LogP contribution in [0.3, 0.4) is 0 Å². The third-order valence-electron chi connectivity index (χ3n) is 2.61. The van der Waals surface area contributed by atoms with E-state index in [1.807, 2.05) is 12.1 Å². The highest BCUT2D eigenvalue weighted by Gasteiger charge is 2.03. The Hall–Kier alpha value is -1.60. The molecule has 2 aromatic heterocycles. The van der Waals surface area contributed by atoms with Crippen molar-refractivity contribution in [2.75, 3.05) is 11.9 Å². The fourth-order valence-corrected chi connectivity index (χ4v) is 2.04. The van der Waals surface area contributed by atoms with Gasteiger partial charge in [0.15, 0.2) is 0 Å². The third-order valence-corrected chi connectivity index (χ3v) is 3.04. The van der Waals surface area contributed by atoms with Gasteiger partial charge in [-0.3, -0.25) is 9.97 Å². The minimum atomic E-state index is 0.837. The van der Waals surface area contributed by atoms with E-state index in [1.165, 1.54) is 0 Å². The Balaban J connectivity index is 2.07. The standard InChI is InChI=1S/C14H14BrN3/c1-2-3-4-5-7-16-12-6-8-17-13-9-11(15)10-18-14(12)13/h1,6,8-10H,3-5,7H2,(H,16,17). The van der Waals surface area contributed by atoms with Crippen LogP contribution in [0.15, 0.2) is 29.0 Å². The van der Waals surface area contributed by atoms with Crippen LogP contribution in [0.5, 0.6) is 0 Å². The summed E-state index contributed by atoms with van der Waals surface area (Å²) in [7, 11) is 0. The van der Waals surface area contributed by atoms with Crippen molar-refractivity contribution in [3.05, 3.63) is 29.0 Å². The molecule has 0 bridgehead atoms. The van der Waals surface area contributed by atoms with Gasteiger partial charge in [-0.15, -0.1) is 12.3 Å². The first-order valence-electron chi connectivity index (χ1n) is 5.89. The average molecular weight is 304 g/mol. The van der Waals surface area contributed by atoms with E-state index in [0.29, 0.717) is 0 Å². The first-order valence-corrected chi connectivity index (χ1v) is 6.68. The molecule has 0 aromatic carbocycles. The molecule has 0 saturated heterocycles. The molecule has 0 unspecified atom stereocenters. The Morgan fingerprint density at radius 2 is 2.22 bits per heavy atom. The summed E-state index contributed by atoms with van der Waals surface area (Å²) in [5.41, 5.74) is 2.81. The summed E-state index contributed by atoms with van der Waals surface area (Å²) in [5.74, 6) is 2.65. The second-order valence-corrected chi connectivity index (χ2v) is 4.88. The van der Waals surface area contributed by atoms with E-state index in [1.54, 1.807) is 12.4 Å². The van der Waals surface area contributed by atoms with Gasteiger partial charge in [0.1, 0.15) is 5.52 Å². The van der Waals surface area contributed by atoms with Crippen LogP contribution >= 0.6 is 15.9 Å². The number of rotatable bonds is 5.